The molecule has 3 atom stereocenters. The lowest BCUT2D eigenvalue weighted by Crippen LogP contribution is -2.50. The zero-order chi connectivity index (χ0) is 8.77. The SMILES string of the molecule is OC[C@@]1(O)[C@@H]2CCCN2C[C@@H]1O. The van der Waals surface area contributed by atoms with Crippen LogP contribution >= 0.6 is 0 Å². The van der Waals surface area contributed by atoms with Gasteiger partial charge in [0.1, 0.15) is 5.60 Å². The van der Waals surface area contributed by atoms with Gasteiger partial charge in [0, 0.05) is 12.6 Å². The lowest BCUT2D eigenvalue weighted by atomic mass is 9.92. The number of aliphatic hydroxyl groups is 3. The normalized spacial score (nSPS) is 48.2. The second-order valence-corrected chi connectivity index (χ2v) is 3.82. The fourth-order valence-electron chi connectivity index (χ4n) is 2.42. The molecule has 2 aliphatic rings. The predicted octanol–water partition coefficient (Wildman–Crippen LogP) is -1.45. The van der Waals surface area contributed by atoms with Crippen molar-refractivity contribution in [2.75, 3.05) is 19.7 Å². The molecule has 3 N–H and O–H groups in total. The minimum atomic E-state index is -1.27. The smallest absolute Gasteiger partial charge is 0.130 e. The van der Waals surface area contributed by atoms with Gasteiger partial charge in [-0.25, -0.2) is 0 Å². The van der Waals surface area contributed by atoms with Gasteiger partial charge in [-0.1, -0.05) is 0 Å². The van der Waals surface area contributed by atoms with E-state index in [1.807, 2.05) is 0 Å². The molecule has 0 amide bonds. The maximum absolute atomic E-state index is 9.90. The second kappa shape index (κ2) is 2.67. The van der Waals surface area contributed by atoms with E-state index < -0.39 is 11.7 Å². The largest absolute Gasteiger partial charge is 0.393 e. The van der Waals surface area contributed by atoms with Crippen LogP contribution in [0.4, 0.5) is 0 Å². The van der Waals surface area contributed by atoms with Gasteiger partial charge in [0.25, 0.3) is 0 Å². The first kappa shape index (κ1) is 8.44. The van der Waals surface area contributed by atoms with E-state index in [0.717, 1.165) is 19.4 Å². The number of nitrogens with zero attached hydrogens (tertiary/aromatic N) is 1. The molecule has 2 rings (SSSR count). The summed E-state index contributed by atoms with van der Waals surface area (Å²) in [5.74, 6) is 0. The molecule has 70 valence electrons. The molecular formula is C8H15NO3. The molecule has 2 aliphatic heterocycles. The molecular weight excluding hydrogens is 158 g/mol. The molecule has 4 nitrogen and oxygen atoms in total. The van der Waals surface area contributed by atoms with E-state index in [1.54, 1.807) is 0 Å². The van der Waals surface area contributed by atoms with Gasteiger partial charge in [-0.2, -0.15) is 0 Å². The van der Waals surface area contributed by atoms with Crippen LogP contribution in [0.1, 0.15) is 12.8 Å². The molecule has 2 heterocycles. The molecule has 0 aromatic rings. The lowest BCUT2D eigenvalue weighted by Gasteiger charge is -2.29. The third-order valence-electron chi connectivity index (χ3n) is 3.18. The fraction of sp³-hybridized carbons (Fsp3) is 1.00. The van der Waals surface area contributed by atoms with Gasteiger partial charge in [-0.15, -0.1) is 0 Å². The summed E-state index contributed by atoms with van der Waals surface area (Å²) in [6, 6.07) is -0.0301. The summed E-state index contributed by atoms with van der Waals surface area (Å²) in [6.07, 6.45) is 1.15. The highest BCUT2D eigenvalue weighted by molar-refractivity contribution is 5.07. The molecule has 0 radical (unpaired) electrons. The number of hydrogen-bond donors (Lipinski definition) is 3. The van der Waals surface area contributed by atoms with Gasteiger partial charge in [-0.05, 0) is 19.4 Å². The highest BCUT2D eigenvalue weighted by atomic mass is 16.4. The van der Waals surface area contributed by atoms with E-state index in [0.29, 0.717) is 6.54 Å². The average molecular weight is 173 g/mol. The van der Waals surface area contributed by atoms with Gasteiger partial charge < -0.3 is 15.3 Å². The van der Waals surface area contributed by atoms with Crippen molar-refractivity contribution in [1.82, 2.24) is 4.90 Å². The first-order valence-corrected chi connectivity index (χ1v) is 4.44. The lowest BCUT2D eigenvalue weighted by molar-refractivity contribution is -0.0948. The molecule has 2 saturated heterocycles. The predicted molar refractivity (Wildman–Crippen MR) is 42.6 cm³/mol. The Bertz CT molecular complexity index is 187. The molecule has 0 saturated carbocycles. The summed E-state index contributed by atoms with van der Waals surface area (Å²) in [4.78, 5) is 2.06. The topological polar surface area (TPSA) is 63.9 Å². The summed E-state index contributed by atoms with van der Waals surface area (Å²) < 4.78 is 0. The Hall–Kier alpha value is -0.160. The molecule has 0 aromatic heterocycles. The third-order valence-corrected chi connectivity index (χ3v) is 3.18. The molecule has 0 spiro atoms. The number of hydrogen-bond acceptors (Lipinski definition) is 4. The maximum Gasteiger partial charge on any atom is 0.130 e. The van der Waals surface area contributed by atoms with Crippen LogP contribution in [-0.4, -0.2) is 57.7 Å². The van der Waals surface area contributed by atoms with Crippen molar-refractivity contribution < 1.29 is 15.3 Å². The van der Waals surface area contributed by atoms with E-state index in [4.69, 9.17) is 5.11 Å². The molecule has 12 heavy (non-hydrogen) atoms. The first-order chi connectivity index (χ1) is 5.68. The van der Waals surface area contributed by atoms with Crippen LogP contribution in [0, 0.1) is 0 Å². The Morgan fingerprint density at radius 3 is 2.92 bits per heavy atom. The molecule has 0 unspecified atom stereocenters. The highest BCUT2D eigenvalue weighted by Crippen LogP contribution is 2.35. The quantitative estimate of drug-likeness (QED) is 0.454. The zero-order valence-electron chi connectivity index (χ0n) is 6.98. The summed E-state index contributed by atoms with van der Waals surface area (Å²) in [6.45, 7) is 1.10. The number of fused-ring (bicyclic) bond motifs is 1. The van der Waals surface area contributed by atoms with Gasteiger partial charge in [0.15, 0.2) is 0 Å². The Kier molecular flexibility index (Phi) is 1.88. The van der Waals surface area contributed by atoms with Crippen molar-refractivity contribution in [1.29, 1.82) is 0 Å². The summed E-state index contributed by atoms with van der Waals surface area (Å²) in [5.41, 5.74) is -1.27. The Balaban J connectivity index is 2.21. The van der Waals surface area contributed by atoms with Crippen molar-refractivity contribution in [3.63, 3.8) is 0 Å². The summed E-state index contributed by atoms with van der Waals surface area (Å²) in [7, 11) is 0. The number of rotatable bonds is 1. The molecule has 0 aliphatic carbocycles. The van der Waals surface area contributed by atoms with Crippen LogP contribution in [0.15, 0.2) is 0 Å². The van der Waals surface area contributed by atoms with Crippen LogP contribution in [0.25, 0.3) is 0 Å². The van der Waals surface area contributed by atoms with E-state index in [2.05, 4.69) is 4.90 Å². The minimum absolute atomic E-state index is 0.0301. The monoisotopic (exact) mass is 173 g/mol. The van der Waals surface area contributed by atoms with Crippen LogP contribution in [0.2, 0.25) is 0 Å². The fourth-order valence-corrected chi connectivity index (χ4v) is 2.42. The standard InChI is InChI=1S/C8H15NO3/c10-5-8(12)6-2-1-3-9(6)4-7(8)11/h6-7,10-12H,1-5H2/t6-,7-,8+/m0/s1. The van der Waals surface area contributed by atoms with Crippen molar-refractivity contribution in [3.05, 3.63) is 0 Å². The van der Waals surface area contributed by atoms with Crippen LogP contribution in [-0.2, 0) is 0 Å². The van der Waals surface area contributed by atoms with Crippen molar-refractivity contribution >= 4 is 0 Å². The molecule has 0 bridgehead atoms. The van der Waals surface area contributed by atoms with E-state index in [9.17, 15) is 10.2 Å². The first-order valence-electron chi connectivity index (χ1n) is 4.44. The van der Waals surface area contributed by atoms with E-state index in [1.165, 1.54) is 0 Å². The summed E-state index contributed by atoms with van der Waals surface area (Å²) in [5, 5.41) is 28.4. The minimum Gasteiger partial charge on any atom is -0.393 e. The Labute approximate surface area is 71.4 Å². The van der Waals surface area contributed by atoms with Crippen LogP contribution < -0.4 is 0 Å². The summed E-state index contributed by atoms with van der Waals surface area (Å²) >= 11 is 0. The highest BCUT2D eigenvalue weighted by Gasteiger charge is 2.53. The van der Waals surface area contributed by atoms with Crippen molar-refractivity contribution in [3.8, 4) is 0 Å². The van der Waals surface area contributed by atoms with Crippen LogP contribution in [0.3, 0.4) is 0 Å². The zero-order valence-corrected chi connectivity index (χ0v) is 6.98. The van der Waals surface area contributed by atoms with Gasteiger partial charge in [0.05, 0.1) is 12.7 Å². The molecule has 4 heteroatoms. The van der Waals surface area contributed by atoms with Gasteiger partial charge in [-0.3, -0.25) is 4.90 Å². The maximum atomic E-state index is 9.90. The Morgan fingerprint density at radius 1 is 1.50 bits per heavy atom. The second-order valence-electron chi connectivity index (χ2n) is 3.82. The Morgan fingerprint density at radius 2 is 2.25 bits per heavy atom. The average Bonchev–Trinajstić information content (AvgIpc) is 2.57. The van der Waals surface area contributed by atoms with Crippen molar-refractivity contribution in [2.24, 2.45) is 0 Å². The van der Waals surface area contributed by atoms with Gasteiger partial charge >= 0.3 is 0 Å². The molecule has 0 aromatic carbocycles. The van der Waals surface area contributed by atoms with Crippen molar-refractivity contribution in [2.45, 2.75) is 30.6 Å². The number of aliphatic hydroxyl groups excluding tert-OH is 2. The van der Waals surface area contributed by atoms with E-state index >= 15 is 0 Å². The van der Waals surface area contributed by atoms with E-state index in [-0.39, 0.29) is 12.6 Å². The third kappa shape index (κ3) is 0.925. The van der Waals surface area contributed by atoms with Gasteiger partial charge in [0.2, 0.25) is 0 Å². The van der Waals surface area contributed by atoms with Crippen LogP contribution in [0.5, 0.6) is 0 Å². The molecule has 2 fully saturated rings.